The van der Waals surface area contributed by atoms with Crippen LogP contribution in [0.4, 0.5) is 0 Å². The van der Waals surface area contributed by atoms with E-state index in [2.05, 4.69) is 11.9 Å². The fraction of sp³-hybridized carbons (Fsp3) is 0.143. The quantitative estimate of drug-likeness (QED) is 0.801. The molecule has 1 aromatic heterocycles. The number of nitrogens with zero attached hydrogens (tertiary/aromatic N) is 1. The molecule has 0 radical (unpaired) electrons. The molecule has 0 aliphatic carbocycles. The van der Waals surface area contributed by atoms with E-state index in [0.717, 1.165) is 10.9 Å². The molecule has 2 rings (SSSR count). The topological polar surface area (TPSA) is 71.3 Å². The third-order valence-electron chi connectivity index (χ3n) is 2.78. The van der Waals surface area contributed by atoms with Gasteiger partial charge >= 0.3 is 5.97 Å². The van der Waals surface area contributed by atoms with Crippen LogP contribution in [0.1, 0.15) is 10.4 Å². The molecule has 0 spiro atoms. The van der Waals surface area contributed by atoms with Gasteiger partial charge in [-0.1, -0.05) is 6.08 Å². The van der Waals surface area contributed by atoms with Gasteiger partial charge < -0.3 is 15.0 Å². The monoisotopic (exact) mass is 258 g/mol. The molecule has 0 fully saturated rings. The molecule has 0 bridgehead atoms. The van der Waals surface area contributed by atoms with Gasteiger partial charge in [0.05, 0.1) is 5.56 Å². The molecule has 0 aliphatic rings. The van der Waals surface area contributed by atoms with E-state index in [0.29, 0.717) is 6.54 Å². The minimum absolute atomic E-state index is 0.111. The molecule has 5 heteroatoms. The van der Waals surface area contributed by atoms with Gasteiger partial charge in [-0.05, 0) is 24.3 Å². The van der Waals surface area contributed by atoms with Crippen molar-refractivity contribution in [1.82, 2.24) is 9.88 Å². The third kappa shape index (κ3) is 2.82. The van der Waals surface area contributed by atoms with Crippen molar-refractivity contribution >= 4 is 22.8 Å². The lowest BCUT2D eigenvalue weighted by molar-refractivity contribution is -0.121. The first kappa shape index (κ1) is 12.9. The van der Waals surface area contributed by atoms with Gasteiger partial charge in [0, 0.05) is 23.6 Å². The average molecular weight is 258 g/mol. The fourth-order valence-corrected chi connectivity index (χ4v) is 1.87. The summed E-state index contributed by atoms with van der Waals surface area (Å²) in [5.74, 6) is -1.07. The molecule has 19 heavy (non-hydrogen) atoms. The highest BCUT2D eigenvalue weighted by Gasteiger charge is 2.08. The van der Waals surface area contributed by atoms with Crippen molar-refractivity contribution in [3.8, 4) is 0 Å². The molecule has 0 atom stereocenters. The summed E-state index contributed by atoms with van der Waals surface area (Å²) >= 11 is 0. The van der Waals surface area contributed by atoms with E-state index in [-0.39, 0.29) is 18.0 Å². The normalized spacial score (nSPS) is 10.3. The van der Waals surface area contributed by atoms with E-state index in [1.54, 1.807) is 35.0 Å². The largest absolute Gasteiger partial charge is 0.478 e. The molecule has 1 aromatic carbocycles. The van der Waals surface area contributed by atoms with Gasteiger partial charge in [-0.15, -0.1) is 6.58 Å². The number of hydrogen-bond acceptors (Lipinski definition) is 2. The second-order valence-corrected chi connectivity index (χ2v) is 4.12. The Hall–Kier alpha value is -2.56. The van der Waals surface area contributed by atoms with E-state index in [4.69, 9.17) is 5.11 Å². The molecule has 1 heterocycles. The molecule has 0 saturated carbocycles. The second kappa shape index (κ2) is 5.39. The third-order valence-corrected chi connectivity index (χ3v) is 2.78. The van der Waals surface area contributed by atoms with Crippen LogP contribution in [0.2, 0.25) is 0 Å². The van der Waals surface area contributed by atoms with Crippen molar-refractivity contribution in [3.05, 3.63) is 48.7 Å². The fourth-order valence-electron chi connectivity index (χ4n) is 1.87. The molecule has 0 unspecified atom stereocenters. The number of carboxylic acids is 1. The van der Waals surface area contributed by atoms with E-state index < -0.39 is 5.97 Å². The second-order valence-electron chi connectivity index (χ2n) is 4.12. The van der Waals surface area contributed by atoms with Gasteiger partial charge in [0.2, 0.25) is 5.91 Å². The summed E-state index contributed by atoms with van der Waals surface area (Å²) in [6.07, 6.45) is 3.38. The Balaban J connectivity index is 2.23. The van der Waals surface area contributed by atoms with Gasteiger partial charge in [0.1, 0.15) is 6.54 Å². The number of benzene rings is 1. The predicted octanol–water partition coefficient (Wildman–Crippen LogP) is 1.64. The van der Waals surface area contributed by atoms with Crippen LogP contribution in [-0.2, 0) is 11.3 Å². The zero-order chi connectivity index (χ0) is 13.8. The van der Waals surface area contributed by atoms with Crippen LogP contribution in [0.3, 0.4) is 0 Å². The van der Waals surface area contributed by atoms with E-state index >= 15 is 0 Å². The molecule has 2 N–H and O–H groups in total. The highest BCUT2D eigenvalue weighted by molar-refractivity contribution is 5.94. The number of carboxylic acid groups (broad SMARTS) is 1. The zero-order valence-corrected chi connectivity index (χ0v) is 10.3. The Morgan fingerprint density at radius 3 is 2.84 bits per heavy atom. The standard InChI is InChI=1S/C14H14N2O3/c1-2-6-15-13(17)9-16-7-5-10-8-11(14(18)19)3-4-12(10)16/h2-5,7-8H,1,6,9H2,(H,15,17)(H,18,19). The number of hydrogen-bond donors (Lipinski definition) is 2. The van der Waals surface area contributed by atoms with Crippen LogP contribution >= 0.6 is 0 Å². The predicted molar refractivity (Wildman–Crippen MR) is 72.1 cm³/mol. The van der Waals surface area contributed by atoms with Crippen molar-refractivity contribution in [3.63, 3.8) is 0 Å². The number of rotatable bonds is 5. The number of fused-ring (bicyclic) bond motifs is 1. The van der Waals surface area contributed by atoms with E-state index in [9.17, 15) is 9.59 Å². The van der Waals surface area contributed by atoms with Crippen molar-refractivity contribution in [2.45, 2.75) is 6.54 Å². The van der Waals surface area contributed by atoms with Crippen LogP contribution in [0, 0.1) is 0 Å². The first-order valence-electron chi connectivity index (χ1n) is 5.81. The summed E-state index contributed by atoms with van der Waals surface area (Å²) in [5.41, 5.74) is 1.07. The summed E-state index contributed by atoms with van der Waals surface area (Å²) in [5, 5.41) is 12.4. The number of amides is 1. The number of aromatic nitrogens is 1. The molecular weight excluding hydrogens is 244 g/mol. The summed E-state index contributed by atoms with van der Waals surface area (Å²) in [7, 11) is 0. The Bertz CT molecular complexity index is 643. The summed E-state index contributed by atoms with van der Waals surface area (Å²) < 4.78 is 1.78. The van der Waals surface area contributed by atoms with Crippen molar-refractivity contribution in [2.75, 3.05) is 6.54 Å². The molecule has 5 nitrogen and oxygen atoms in total. The van der Waals surface area contributed by atoms with Crippen LogP contribution < -0.4 is 5.32 Å². The lowest BCUT2D eigenvalue weighted by atomic mass is 10.1. The molecular formula is C14H14N2O3. The minimum Gasteiger partial charge on any atom is -0.478 e. The minimum atomic E-state index is -0.960. The first-order chi connectivity index (χ1) is 9.11. The Morgan fingerprint density at radius 2 is 2.16 bits per heavy atom. The highest BCUT2D eigenvalue weighted by Crippen LogP contribution is 2.17. The summed E-state index contributed by atoms with van der Waals surface area (Å²) in [6.45, 7) is 4.16. The van der Waals surface area contributed by atoms with Crippen LogP contribution in [0.5, 0.6) is 0 Å². The van der Waals surface area contributed by atoms with Gasteiger partial charge in [-0.2, -0.15) is 0 Å². The first-order valence-corrected chi connectivity index (χ1v) is 5.81. The number of carbonyl (C=O) groups is 2. The van der Waals surface area contributed by atoms with Gasteiger partial charge in [0.25, 0.3) is 0 Å². The summed E-state index contributed by atoms with van der Waals surface area (Å²) in [4.78, 5) is 22.5. The Kier molecular flexibility index (Phi) is 3.66. The number of nitrogens with one attached hydrogen (secondary N) is 1. The van der Waals surface area contributed by atoms with Gasteiger partial charge in [0.15, 0.2) is 0 Å². The Morgan fingerprint density at radius 1 is 1.37 bits per heavy atom. The lowest BCUT2D eigenvalue weighted by Gasteiger charge is -2.06. The smallest absolute Gasteiger partial charge is 0.335 e. The highest BCUT2D eigenvalue weighted by atomic mass is 16.4. The van der Waals surface area contributed by atoms with Crippen LogP contribution in [0.25, 0.3) is 10.9 Å². The van der Waals surface area contributed by atoms with E-state index in [1.165, 1.54) is 6.07 Å². The van der Waals surface area contributed by atoms with Gasteiger partial charge in [-0.3, -0.25) is 4.79 Å². The molecule has 0 aliphatic heterocycles. The van der Waals surface area contributed by atoms with E-state index in [1.807, 2.05) is 0 Å². The van der Waals surface area contributed by atoms with Crippen molar-refractivity contribution < 1.29 is 14.7 Å². The molecule has 98 valence electrons. The number of carbonyl (C=O) groups excluding carboxylic acids is 1. The number of aromatic carboxylic acids is 1. The van der Waals surface area contributed by atoms with Crippen molar-refractivity contribution in [2.24, 2.45) is 0 Å². The van der Waals surface area contributed by atoms with Crippen LogP contribution in [-0.4, -0.2) is 28.1 Å². The molecule has 0 saturated heterocycles. The SMILES string of the molecule is C=CCNC(=O)Cn1ccc2cc(C(=O)O)ccc21. The zero-order valence-electron chi connectivity index (χ0n) is 10.3. The maximum atomic E-state index is 11.6. The average Bonchev–Trinajstić information content (AvgIpc) is 2.78. The summed E-state index contributed by atoms with van der Waals surface area (Å²) in [6, 6.07) is 6.63. The molecule has 2 aromatic rings. The van der Waals surface area contributed by atoms with Crippen LogP contribution in [0.15, 0.2) is 43.1 Å². The van der Waals surface area contributed by atoms with Crippen molar-refractivity contribution in [1.29, 1.82) is 0 Å². The molecule has 1 amide bonds. The maximum Gasteiger partial charge on any atom is 0.335 e. The lowest BCUT2D eigenvalue weighted by Crippen LogP contribution is -2.27. The Labute approximate surface area is 110 Å². The van der Waals surface area contributed by atoms with Gasteiger partial charge in [-0.25, -0.2) is 4.79 Å². The maximum absolute atomic E-state index is 11.6.